The third-order valence-electron chi connectivity index (χ3n) is 3.54. The van der Waals surface area contributed by atoms with E-state index >= 15 is 0 Å². The van der Waals surface area contributed by atoms with E-state index in [2.05, 4.69) is 0 Å². The molecule has 2 unspecified atom stereocenters. The quantitative estimate of drug-likeness (QED) is 0.594. The molecule has 0 saturated heterocycles. The van der Waals surface area contributed by atoms with Gasteiger partial charge in [0.1, 0.15) is 0 Å². The Bertz CT molecular complexity index is 482. The van der Waals surface area contributed by atoms with Gasteiger partial charge in [-0.2, -0.15) is 0 Å². The van der Waals surface area contributed by atoms with Gasteiger partial charge in [0.05, 0.1) is 4.92 Å². The first kappa shape index (κ1) is 11.8. The highest BCUT2D eigenvalue weighted by Gasteiger charge is 2.37. The van der Waals surface area contributed by atoms with Crippen molar-refractivity contribution >= 4 is 11.5 Å². The van der Waals surface area contributed by atoms with Crippen molar-refractivity contribution in [3.63, 3.8) is 0 Å². The van der Waals surface area contributed by atoms with E-state index in [1.54, 1.807) is 6.07 Å². The molecular weight excluding hydrogens is 218 g/mol. The first-order valence-electron chi connectivity index (χ1n) is 5.88. The van der Waals surface area contributed by atoms with E-state index in [0.29, 0.717) is 5.56 Å². The van der Waals surface area contributed by atoms with Gasteiger partial charge in [-0.05, 0) is 17.9 Å². The summed E-state index contributed by atoms with van der Waals surface area (Å²) in [5.41, 5.74) is 1.51. The summed E-state index contributed by atoms with van der Waals surface area (Å²) < 4.78 is 0. The van der Waals surface area contributed by atoms with Crippen LogP contribution in [0.25, 0.3) is 0 Å². The first-order valence-corrected chi connectivity index (χ1v) is 5.88. The molecule has 0 heterocycles. The van der Waals surface area contributed by atoms with Crippen LogP contribution in [-0.2, 0) is 0 Å². The van der Waals surface area contributed by atoms with Crippen LogP contribution in [0.4, 0.5) is 5.69 Å². The lowest BCUT2D eigenvalue weighted by Gasteiger charge is -2.12. The number of non-ortho nitro benzene ring substituents is 1. The molecule has 4 heteroatoms. The molecule has 1 aliphatic carbocycles. The van der Waals surface area contributed by atoms with Crippen molar-refractivity contribution in [1.29, 1.82) is 0 Å². The van der Waals surface area contributed by atoms with Gasteiger partial charge in [0, 0.05) is 23.6 Å². The summed E-state index contributed by atoms with van der Waals surface area (Å²) in [5.74, 6) is 0.244. The van der Waals surface area contributed by atoms with Crippen molar-refractivity contribution < 1.29 is 9.72 Å². The third kappa shape index (κ3) is 1.84. The summed E-state index contributed by atoms with van der Waals surface area (Å²) >= 11 is 0. The van der Waals surface area contributed by atoms with Gasteiger partial charge >= 0.3 is 0 Å². The summed E-state index contributed by atoms with van der Waals surface area (Å²) in [6, 6.07) is 4.63. The number of rotatable bonds is 3. The zero-order valence-electron chi connectivity index (χ0n) is 9.97. The van der Waals surface area contributed by atoms with Gasteiger partial charge in [0.25, 0.3) is 5.69 Å². The molecule has 0 aromatic heterocycles. The minimum absolute atomic E-state index is 0.00134. The van der Waals surface area contributed by atoms with Crippen molar-refractivity contribution in [1.82, 2.24) is 0 Å². The molecule has 0 saturated carbocycles. The summed E-state index contributed by atoms with van der Waals surface area (Å²) in [6.45, 7) is 4.07. The van der Waals surface area contributed by atoms with Crippen LogP contribution in [0.2, 0.25) is 0 Å². The second-order valence-electron chi connectivity index (χ2n) is 4.58. The van der Waals surface area contributed by atoms with Crippen LogP contribution < -0.4 is 0 Å². The predicted octanol–water partition coefficient (Wildman–Crippen LogP) is 3.31. The molecule has 1 aromatic rings. The molecule has 0 N–H and O–H groups in total. The van der Waals surface area contributed by atoms with Crippen LogP contribution in [0.3, 0.4) is 0 Å². The summed E-state index contributed by atoms with van der Waals surface area (Å²) in [4.78, 5) is 22.4. The van der Waals surface area contributed by atoms with Crippen molar-refractivity contribution in [3.05, 3.63) is 39.4 Å². The van der Waals surface area contributed by atoms with E-state index < -0.39 is 4.92 Å². The first-order chi connectivity index (χ1) is 8.06. The molecule has 2 atom stereocenters. The highest BCUT2D eigenvalue weighted by Crippen LogP contribution is 2.41. The number of ketones is 1. The fourth-order valence-electron chi connectivity index (χ4n) is 2.60. The molecule has 1 aromatic carbocycles. The SMILES string of the molecule is CCCC1C(=O)c2cc([N+](=O)[O-])ccc2C1C. The topological polar surface area (TPSA) is 60.2 Å². The van der Waals surface area contributed by atoms with Gasteiger partial charge in [-0.25, -0.2) is 0 Å². The van der Waals surface area contributed by atoms with Gasteiger partial charge < -0.3 is 0 Å². The number of Topliss-reactive ketones (excluding diaryl/α,β-unsaturated/α-hetero) is 1. The van der Waals surface area contributed by atoms with Crippen LogP contribution in [0.1, 0.15) is 48.5 Å². The Hall–Kier alpha value is -1.71. The molecule has 0 fully saturated rings. The molecule has 0 amide bonds. The molecule has 90 valence electrons. The minimum atomic E-state index is -0.453. The molecule has 0 aliphatic heterocycles. The zero-order chi connectivity index (χ0) is 12.6. The van der Waals surface area contributed by atoms with Gasteiger partial charge in [0.15, 0.2) is 5.78 Å². The number of nitro groups is 1. The van der Waals surface area contributed by atoms with Crippen molar-refractivity contribution in [2.75, 3.05) is 0 Å². The van der Waals surface area contributed by atoms with Gasteiger partial charge in [-0.1, -0.05) is 26.3 Å². The number of hydrogen-bond acceptors (Lipinski definition) is 3. The normalized spacial score (nSPS) is 22.6. The van der Waals surface area contributed by atoms with Crippen LogP contribution in [0.15, 0.2) is 18.2 Å². The Morgan fingerprint density at radius 3 is 2.71 bits per heavy atom. The molecule has 1 aliphatic rings. The second kappa shape index (κ2) is 4.28. The Balaban J connectivity index is 2.43. The zero-order valence-corrected chi connectivity index (χ0v) is 9.97. The molecule has 2 rings (SSSR count). The maximum atomic E-state index is 12.1. The van der Waals surface area contributed by atoms with Crippen LogP contribution in [0, 0.1) is 16.0 Å². The Morgan fingerprint density at radius 2 is 2.12 bits per heavy atom. The van der Waals surface area contributed by atoms with Gasteiger partial charge in [-0.3, -0.25) is 14.9 Å². The average Bonchev–Trinajstić information content (AvgIpc) is 2.54. The second-order valence-corrected chi connectivity index (χ2v) is 4.58. The monoisotopic (exact) mass is 233 g/mol. The van der Waals surface area contributed by atoms with E-state index in [9.17, 15) is 14.9 Å². The molecule has 4 nitrogen and oxygen atoms in total. The molecular formula is C13H15NO3. The Kier molecular flexibility index (Phi) is 2.96. The van der Waals surface area contributed by atoms with E-state index in [-0.39, 0.29) is 23.3 Å². The standard InChI is InChI=1S/C13H15NO3/c1-3-4-11-8(2)10-6-5-9(14(16)17)7-12(10)13(11)15/h5-8,11H,3-4H2,1-2H3. The van der Waals surface area contributed by atoms with E-state index in [1.165, 1.54) is 12.1 Å². The number of carbonyl (C=O) groups excluding carboxylic acids is 1. The highest BCUT2D eigenvalue weighted by atomic mass is 16.6. The lowest BCUT2D eigenvalue weighted by molar-refractivity contribution is -0.384. The maximum Gasteiger partial charge on any atom is 0.270 e. The Labute approximate surface area is 99.8 Å². The predicted molar refractivity (Wildman–Crippen MR) is 64.2 cm³/mol. The highest BCUT2D eigenvalue weighted by molar-refractivity contribution is 6.03. The van der Waals surface area contributed by atoms with Crippen LogP contribution in [0.5, 0.6) is 0 Å². The largest absolute Gasteiger partial charge is 0.294 e. The number of nitrogens with zero attached hydrogens (tertiary/aromatic N) is 1. The summed E-state index contributed by atoms with van der Waals surface area (Å²) in [5, 5.41) is 10.7. The number of nitro benzene ring substituents is 1. The molecule has 0 radical (unpaired) electrons. The average molecular weight is 233 g/mol. The fraction of sp³-hybridized carbons (Fsp3) is 0.462. The van der Waals surface area contributed by atoms with E-state index in [4.69, 9.17) is 0 Å². The lowest BCUT2D eigenvalue weighted by Crippen LogP contribution is -2.11. The molecule has 17 heavy (non-hydrogen) atoms. The van der Waals surface area contributed by atoms with Crippen LogP contribution >= 0.6 is 0 Å². The third-order valence-corrected chi connectivity index (χ3v) is 3.54. The number of fused-ring (bicyclic) bond motifs is 1. The Morgan fingerprint density at radius 1 is 1.41 bits per heavy atom. The van der Waals surface area contributed by atoms with Crippen molar-refractivity contribution in [2.24, 2.45) is 5.92 Å². The van der Waals surface area contributed by atoms with Crippen molar-refractivity contribution in [3.8, 4) is 0 Å². The number of hydrogen-bond donors (Lipinski definition) is 0. The van der Waals surface area contributed by atoms with Gasteiger partial charge in [0.2, 0.25) is 0 Å². The van der Waals surface area contributed by atoms with Crippen LogP contribution in [-0.4, -0.2) is 10.7 Å². The number of benzene rings is 1. The molecule has 0 spiro atoms. The smallest absolute Gasteiger partial charge is 0.270 e. The van der Waals surface area contributed by atoms with Crippen molar-refractivity contribution in [2.45, 2.75) is 32.6 Å². The van der Waals surface area contributed by atoms with E-state index in [1.807, 2.05) is 13.8 Å². The summed E-state index contributed by atoms with van der Waals surface area (Å²) in [7, 11) is 0. The molecule has 0 bridgehead atoms. The number of carbonyl (C=O) groups is 1. The fourth-order valence-corrected chi connectivity index (χ4v) is 2.60. The summed E-state index contributed by atoms with van der Waals surface area (Å²) in [6.07, 6.45) is 1.80. The lowest BCUT2D eigenvalue weighted by atomic mass is 9.90. The van der Waals surface area contributed by atoms with E-state index in [0.717, 1.165) is 18.4 Å². The maximum absolute atomic E-state index is 12.1. The van der Waals surface area contributed by atoms with Gasteiger partial charge in [-0.15, -0.1) is 0 Å². The minimum Gasteiger partial charge on any atom is -0.294 e.